The number of hydrogen-bond acceptors (Lipinski definition) is 6. The third-order valence-corrected chi connectivity index (χ3v) is 3.40. The van der Waals surface area contributed by atoms with Crippen molar-refractivity contribution < 1.29 is 19.1 Å². The second-order valence-electron chi connectivity index (χ2n) is 8.22. The molecule has 0 rings (SSSR count). The van der Waals surface area contributed by atoms with Crippen LogP contribution in [-0.4, -0.2) is 28.7 Å². The van der Waals surface area contributed by atoms with Crippen molar-refractivity contribution in [3.63, 3.8) is 0 Å². The normalized spacial score (nSPS) is 12.8. The number of esters is 2. The van der Waals surface area contributed by atoms with E-state index >= 15 is 0 Å². The number of hydrazine groups is 1. The zero-order chi connectivity index (χ0) is 19.0. The fourth-order valence-electron chi connectivity index (χ4n) is 2.20. The van der Waals surface area contributed by atoms with Crippen LogP contribution in [0.15, 0.2) is 0 Å². The van der Waals surface area contributed by atoms with Crippen molar-refractivity contribution in [3.8, 4) is 0 Å². The second-order valence-corrected chi connectivity index (χ2v) is 8.22. The van der Waals surface area contributed by atoms with Gasteiger partial charge in [-0.1, -0.05) is 39.0 Å². The molecule has 3 N–H and O–H groups in total. The minimum absolute atomic E-state index is 0.247. The number of carbonyl (C=O) groups is 2. The van der Waals surface area contributed by atoms with Crippen LogP contribution in [0.1, 0.15) is 87.0 Å². The predicted octanol–water partition coefficient (Wildman–Crippen LogP) is 3.23. The van der Waals surface area contributed by atoms with E-state index in [-0.39, 0.29) is 6.42 Å². The first kappa shape index (κ1) is 22.9. The van der Waals surface area contributed by atoms with Gasteiger partial charge in [0.25, 0.3) is 0 Å². The van der Waals surface area contributed by atoms with E-state index in [1.807, 2.05) is 0 Å². The van der Waals surface area contributed by atoms with Crippen molar-refractivity contribution in [1.29, 1.82) is 0 Å². The quantitative estimate of drug-likeness (QED) is 0.219. The molecule has 0 aliphatic carbocycles. The SMILES string of the molecule is CCCCCCCC(NN)(C(=O)OC(C)(C)C)C(=O)OC(C)(C)C. The van der Waals surface area contributed by atoms with Crippen molar-refractivity contribution >= 4 is 11.9 Å². The number of unbranched alkanes of at least 4 members (excludes halogenated alkanes) is 4. The lowest BCUT2D eigenvalue weighted by atomic mass is 9.91. The molecule has 0 saturated carbocycles. The Labute approximate surface area is 146 Å². The molecule has 142 valence electrons. The van der Waals surface area contributed by atoms with E-state index in [0.29, 0.717) is 6.42 Å². The smallest absolute Gasteiger partial charge is 0.339 e. The molecular weight excluding hydrogens is 308 g/mol. The largest absolute Gasteiger partial charge is 0.458 e. The molecule has 0 aromatic heterocycles. The molecular formula is C18H36N2O4. The van der Waals surface area contributed by atoms with E-state index in [1.54, 1.807) is 41.5 Å². The molecule has 6 heteroatoms. The summed E-state index contributed by atoms with van der Waals surface area (Å²) in [5.74, 6) is 4.25. The minimum atomic E-state index is -1.67. The molecule has 24 heavy (non-hydrogen) atoms. The molecule has 0 unspecified atom stereocenters. The Kier molecular flexibility index (Phi) is 8.93. The van der Waals surface area contributed by atoms with Crippen molar-refractivity contribution in [1.82, 2.24) is 5.43 Å². The second kappa shape index (κ2) is 9.37. The van der Waals surface area contributed by atoms with Crippen LogP contribution in [-0.2, 0) is 19.1 Å². The van der Waals surface area contributed by atoms with Gasteiger partial charge in [0.15, 0.2) is 0 Å². The maximum atomic E-state index is 12.7. The van der Waals surface area contributed by atoms with Gasteiger partial charge in [0.05, 0.1) is 0 Å². The van der Waals surface area contributed by atoms with Gasteiger partial charge < -0.3 is 9.47 Å². The lowest BCUT2D eigenvalue weighted by molar-refractivity contribution is -0.180. The lowest BCUT2D eigenvalue weighted by Gasteiger charge is -2.34. The van der Waals surface area contributed by atoms with E-state index in [0.717, 1.165) is 25.7 Å². The number of carbonyl (C=O) groups excluding carboxylic acids is 2. The third-order valence-electron chi connectivity index (χ3n) is 3.40. The van der Waals surface area contributed by atoms with Gasteiger partial charge in [-0.3, -0.25) is 5.84 Å². The third kappa shape index (κ3) is 8.11. The van der Waals surface area contributed by atoms with Gasteiger partial charge in [-0.15, -0.1) is 0 Å². The number of ether oxygens (including phenoxy) is 2. The van der Waals surface area contributed by atoms with Crippen LogP contribution >= 0.6 is 0 Å². The average Bonchev–Trinajstić information content (AvgIpc) is 2.39. The highest BCUT2D eigenvalue weighted by atomic mass is 16.6. The molecule has 0 radical (unpaired) electrons. The minimum Gasteiger partial charge on any atom is -0.458 e. The van der Waals surface area contributed by atoms with E-state index < -0.39 is 28.7 Å². The highest BCUT2D eigenvalue weighted by Gasteiger charge is 2.50. The van der Waals surface area contributed by atoms with Crippen molar-refractivity contribution in [2.75, 3.05) is 0 Å². The lowest BCUT2D eigenvalue weighted by Crippen LogP contribution is -2.63. The molecule has 0 spiro atoms. The van der Waals surface area contributed by atoms with E-state index in [9.17, 15) is 9.59 Å². The summed E-state index contributed by atoms with van der Waals surface area (Å²) in [7, 11) is 0. The molecule has 0 aliphatic rings. The van der Waals surface area contributed by atoms with E-state index in [4.69, 9.17) is 15.3 Å². The summed E-state index contributed by atoms with van der Waals surface area (Å²) in [5, 5.41) is 0. The molecule has 0 aromatic rings. The van der Waals surface area contributed by atoms with Gasteiger partial charge in [0.2, 0.25) is 5.54 Å². The first-order chi connectivity index (χ1) is 10.9. The van der Waals surface area contributed by atoms with Gasteiger partial charge in [0.1, 0.15) is 11.2 Å². The topological polar surface area (TPSA) is 90.6 Å². The van der Waals surface area contributed by atoms with Crippen LogP contribution in [0.4, 0.5) is 0 Å². The standard InChI is InChI=1S/C18H36N2O4/c1-8-9-10-11-12-13-18(20-19,14(21)23-16(2,3)4)15(22)24-17(5,6)7/h20H,8-13,19H2,1-7H3. The Morgan fingerprint density at radius 3 is 1.58 bits per heavy atom. The summed E-state index contributed by atoms with van der Waals surface area (Å²) in [5.41, 5.74) is -0.709. The number of hydrogen-bond donors (Lipinski definition) is 2. The van der Waals surface area contributed by atoms with Crippen molar-refractivity contribution in [2.24, 2.45) is 5.84 Å². The van der Waals surface area contributed by atoms with Crippen molar-refractivity contribution in [3.05, 3.63) is 0 Å². The molecule has 0 aromatic carbocycles. The first-order valence-electron chi connectivity index (χ1n) is 8.82. The molecule has 0 atom stereocenters. The molecule has 0 aliphatic heterocycles. The van der Waals surface area contributed by atoms with Crippen LogP contribution in [0.3, 0.4) is 0 Å². The number of nitrogens with one attached hydrogen (secondary N) is 1. The van der Waals surface area contributed by atoms with E-state index in [1.165, 1.54) is 0 Å². The molecule has 6 nitrogen and oxygen atoms in total. The molecule has 0 heterocycles. The first-order valence-corrected chi connectivity index (χ1v) is 8.82. The Hall–Kier alpha value is -1.14. The fraction of sp³-hybridized carbons (Fsp3) is 0.889. The number of rotatable bonds is 9. The van der Waals surface area contributed by atoms with Crippen molar-refractivity contribution in [2.45, 2.75) is 104 Å². The molecule has 0 bridgehead atoms. The van der Waals surface area contributed by atoms with Gasteiger partial charge >= 0.3 is 11.9 Å². The Balaban J connectivity index is 5.28. The van der Waals surface area contributed by atoms with E-state index in [2.05, 4.69) is 12.3 Å². The zero-order valence-electron chi connectivity index (χ0n) is 16.5. The molecule has 0 amide bonds. The monoisotopic (exact) mass is 344 g/mol. The van der Waals surface area contributed by atoms with Crippen LogP contribution in [0.25, 0.3) is 0 Å². The predicted molar refractivity (Wildman–Crippen MR) is 95.1 cm³/mol. The zero-order valence-corrected chi connectivity index (χ0v) is 16.5. The van der Waals surface area contributed by atoms with Gasteiger partial charge in [-0.25, -0.2) is 15.0 Å². The maximum Gasteiger partial charge on any atom is 0.339 e. The summed E-state index contributed by atoms with van der Waals surface area (Å²) in [6, 6.07) is 0. The highest BCUT2D eigenvalue weighted by molar-refractivity contribution is 6.05. The Morgan fingerprint density at radius 1 is 0.833 bits per heavy atom. The van der Waals surface area contributed by atoms with Crippen LogP contribution in [0.2, 0.25) is 0 Å². The highest BCUT2D eigenvalue weighted by Crippen LogP contribution is 2.24. The Bertz CT molecular complexity index is 380. The summed E-state index contributed by atoms with van der Waals surface area (Å²) in [6.45, 7) is 12.6. The summed E-state index contributed by atoms with van der Waals surface area (Å²) in [6.07, 6.45) is 5.16. The fourth-order valence-corrected chi connectivity index (χ4v) is 2.20. The van der Waals surface area contributed by atoms with Gasteiger partial charge in [-0.05, 0) is 48.0 Å². The van der Waals surface area contributed by atoms with Gasteiger partial charge in [-0.2, -0.15) is 0 Å². The maximum absolute atomic E-state index is 12.7. The summed E-state index contributed by atoms with van der Waals surface area (Å²) >= 11 is 0. The summed E-state index contributed by atoms with van der Waals surface area (Å²) in [4.78, 5) is 25.4. The van der Waals surface area contributed by atoms with Crippen LogP contribution < -0.4 is 11.3 Å². The summed E-state index contributed by atoms with van der Waals surface area (Å²) < 4.78 is 10.9. The molecule has 0 saturated heterocycles. The van der Waals surface area contributed by atoms with Crippen LogP contribution in [0.5, 0.6) is 0 Å². The molecule has 0 fully saturated rings. The van der Waals surface area contributed by atoms with Gasteiger partial charge in [0, 0.05) is 0 Å². The Morgan fingerprint density at radius 2 is 1.25 bits per heavy atom. The average molecular weight is 344 g/mol. The number of nitrogens with two attached hydrogens (primary N) is 1. The van der Waals surface area contributed by atoms with Crippen LogP contribution in [0, 0.1) is 0 Å².